The first kappa shape index (κ1) is 17.5. The van der Waals surface area contributed by atoms with Gasteiger partial charge in [-0.2, -0.15) is 5.26 Å². The van der Waals surface area contributed by atoms with Crippen molar-refractivity contribution in [3.05, 3.63) is 95.6 Å². The number of nitrogens with zero attached hydrogens (tertiary/aromatic N) is 1. The van der Waals surface area contributed by atoms with E-state index in [4.69, 9.17) is 5.11 Å². The van der Waals surface area contributed by atoms with Gasteiger partial charge < -0.3 is 5.11 Å². The molecule has 3 aromatic rings. The lowest BCUT2D eigenvalue weighted by Crippen LogP contribution is -1.95. The second kappa shape index (κ2) is 8.19. The Balaban J connectivity index is 1.79. The van der Waals surface area contributed by atoms with Gasteiger partial charge in [0, 0.05) is 9.79 Å². The van der Waals surface area contributed by atoms with Crippen molar-refractivity contribution in [2.75, 3.05) is 0 Å². The van der Waals surface area contributed by atoms with E-state index in [0.717, 1.165) is 10.5 Å². The van der Waals surface area contributed by atoms with E-state index in [1.807, 2.05) is 42.5 Å². The van der Waals surface area contributed by atoms with Crippen molar-refractivity contribution in [3.63, 3.8) is 0 Å². The van der Waals surface area contributed by atoms with Gasteiger partial charge in [0.15, 0.2) is 0 Å². The van der Waals surface area contributed by atoms with E-state index in [1.54, 1.807) is 30.0 Å². The molecule has 0 saturated heterocycles. The molecule has 0 amide bonds. The molecule has 0 aliphatic carbocycles. The number of allylic oxidation sites excluding steroid dienone is 1. The number of rotatable bonds is 5. The Morgan fingerprint density at radius 2 is 1.42 bits per heavy atom. The van der Waals surface area contributed by atoms with Gasteiger partial charge in [-0.15, -0.1) is 0 Å². The maximum Gasteiger partial charge on any atom is 0.335 e. The van der Waals surface area contributed by atoms with Crippen LogP contribution in [-0.2, 0) is 0 Å². The molecular weight excluding hydrogens is 342 g/mol. The van der Waals surface area contributed by atoms with E-state index in [2.05, 4.69) is 18.2 Å². The molecule has 0 heterocycles. The van der Waals surface area contributed by atoms with Crippen molar-refractivity contribution in [1.82, 2.24) is 0 Å². The molecule has 4 heteroatoms. The van der Waals surface area contributed by atoms with Gasteiger partial charge in [0.25, 0.3) is 0 Å². The van der Waals surface area contributed by atoms with E-state index >= 15 is 0 Å². The first-order valence-corrected chi connectivity index (χ1v) is 8.76. The normalized spacial score (nSPS) is 11.0. The molecule has 0 atom stereocenters. The van der Waals surface area contributed by atoms with Gasteiger partial charge in [-0.05, 0) is 53.6 Å². The number of benzene rings is 3. The molecule has 0 radical (unpaired) electrons. The predicted molar refractivity (Wildman–Crippen MR) is 104 cm³/mol. The van der Waals surface area contributed by atoms with Crippen LogP contribution in [0.15, 0.2) is 88.7 Å². The second-order valence-corrected chi connectivity index (χ2v) is 6.68. The van der Waals surface area contributed by atoms with Gasteiger partial charge in [-0.1, -0.05) is 54.2 Å². The average Bonchev–Trinajstić information content (AvgIpc) is 2.68. The first-order valence-electron chi connectivity index (χ1n) is 7.94. The van der Waals surface area contributed by atoms with Crippen LogP contribution in [0.3, 0.4) is 0 Å². The lowest BCUT2D eigenvalue weighted by atomic mass is 10.0. The summed E-state index contributed by atoms with van der Waals surface area (Å²) in [6.07, 6.45) is 1.80. The monoisotopic (exact) mass is 357 g/mol. The van der Waals surface area contributed by atoms with Gasteiger partial charge in [0.05, 0.1) is 17.2 Å². The highest BCUT2D eigenvalue weighted by Gasteiger charge is 2.05. The fourth-order valence-electron chi connectivity index (χ4n) is 2.40. The van der Waals surface area contributed by atoms with Crippen molar-refractivity contribution in [1.29, 1.82) is 5.26 Å². The molecule has 126 valence electrons. The molecule has 1 N–H and O–H groups in total. The molecular formula is C22H15NO2S. The molecule has 0 bridgehead atoms. The van der Waals surface area contributed by atoms with Gasteiger partial charge in [0.2, 0.25) is 0 Å². The molecule has 0 aromatic heterocycles. The lowest BCUT2D eigenvalue weighted by Gasteiger charge is -2.03. The SMILES string of the molecule is N#C/C(=C\c1ccc(Sc2ccccc2)cc1)c1ccc(C(=O)O)cc1. The summed E-state index contributed by atoms with van der Waals surface area (Å²) in [4.78, 5) is 13.2. The van der Waals surface area contributed by atoms with Crippen LogP contribution < -0.4 is 0 Å². The number of aromatic carboxylic acids is 1. The number of carboxylic acid groups (broad SMARTS) is 1. The molecule has 0 unspecified atom stereocenters. The molecule has 0 aliphatic rings. The first-order chi connectivity index (χ1) is 12.7. The number of carboxylic acids is 1. The third-order valence-electron chi connectivity index (χ3n) is 3.73. The largest absolute Gasteiger partial charge is 0.478 e. The van der Waals surface area contributed by atoms with Gasteiger partial charge >= 0.3 is 5.97 Å². The van der Waals surface area contributed by atoms with Crippen molar-refractivity contribution in [3.8, 4) is 6.07 Å². The summed E-state index contributed by atoms with van der Waals surface area (Å²) in [7, 11) is 0. The zero-order chi connectivity index (χ0) is 18.4. The van der Waals surface area contributed by atoms with Gasteiger partial charge in [-0.25, -0.2) is 4.79 Å². The fourth-order valence-corrected chi connectivity index (χ4v) is 3.23. The summed E-state index contributed by atoms with van der Waals surface area (Å²) in [6.45, 7) is 0. The summed E-state index contributed by atoms with van der Waals surface area (Å²) in [5, 5.41) is 18.4. The minimum absolute atomic E-state index is 0.202. The predicted octanol–water partition coefficient (Wildman–Crippen LogP) is 5.60. The minimum Gasteiger partial charge on any atom is -0.478 e. The highest BCUT2D eigenvalue weighted by molar-refractivity contribution is 7.99. The molecule has 0 saturated carbocycles. The summed E-state index contributed by atoms with van der Waals surface area (Å²) in [5.41, 5.74) is 2.31. The van der Waals surface area contributed by atoms with Crippen LogP contribution in [-0.4, -0.2) is 11.1 Å². The number of carbonyl (C=O) groups is 1. The van der Waals surface area contributed by atoms with Crippen LogP contribution in [0.25, 0.3) is 11.6 Å². The van der Waals surface area contributed by atoms with Crippen LogP contribution in [0, 0.1) is 11.3 Å². The Labute approximate surface area is 156 Å². The average molecular weight is 357 g/mol. The highest BCUT2D eigenvalue weighted by atomic mass is 32.2. The Morgan fingerprint density at radius 3 is 2.00 bits per heavy atom. The molecule has 3 nitrogen and oxygen atoms in total. The topological polar surface area (TPSA) is 61.1 Å². The van der Waals surface area contributed by atoms with Crippen molar-refractivity contribution in [2.24, 2.45) is 0 Å². The zero-order valence-corrected chi connectivity index (χ0v) is 14.6. The van der Waals surface area contributed by atoms with Crippen LogP contribution in [0.1, 0.15) is 21.5 Å². The molecule has 26 heavy (non-hydrogen) atoms. The fraction of sp³-hybridized carbons (Fsp3) is 0. The third kappa shape index (κ3) is 4.41. The van der Waals surface area contributed by atoms with E-state index in [0.29, 0.717) is 11.1 Å². The standard InChI is InChI=1S/C22H15NO2S/c23-15-19(17-8-10-18(11-9-17)22(24)25)14-16-6-12-21(13-7-16)26-20-4-2-1-3-5-20/h1-14H,(H,24,25)/b19-14+. The minimum atomic E-state index is -0.981. The summed E-state index contributed by atoms with van der Waals surface area (Å²) >= 11 is 1.68. The highest BCUT2D eigenvalue weighted by Crippen LogP contribution is 2.28. The molecule has 0 fully saturated rings. The second-order valence-electron chi connectivity index (χ2n) is 5.54. The lowest BCUT2D eigenvalue weighted by molar-refractivity contribution is 0.0697. The van der Waals surface area contributed by atoms with E-state index in [1.165, 1.54) is 17.0 Å². The number of hydrogen-bond donors (Lipinski definition) is 1. The number of nitriles is 1. The van der Waals surface area contributed by atoms with Gasteiger partial charge in [-0.3, -0.25) is 0 Å². The van der Waals surface area contributed by atoms with Crippen LogP contribution in [0.5, 0.6) is 0 Å². The van der Waals surface area contributed by atoms with Crippen molar-refractivity contribution >= 4 is 29.4 Å². The quantitative estimate of drug-likeness (QED) is 0.477. The summed E-state index contributed by atoms with van der Waals surface area (Å²) < 4.78 is 0. The van der Waals surface area contributed by atoms with Crippen molar-refractivity contribution < 1.29 is 9.90 Å². The van der Waals surface area contributed by atoms with E-state index in [9.17, 15) is 10.1 Å². The summed E-state index contributed by atoms with van der Waals surface area (Å²) in [5.74, 6) is -0.981. The van der Waals surface area contributed by atoms with Crippen LogP contribution in [0.4, 0.5) is 0 Å². The molecule has 0 spiro atoms. The smallest absolute Gasteiger partial charge is 0.335 e. The maximum atomic E-state index is 10.9. The Bertz CT molecular complexity index is 969. The summed E-state index contributed by atoms with van der Waals surface area (Å²) in [6, 6.07) is 26.6. The van der Waals surface area contributed by atoms with Crippen LogP contribution >= 0.6 is 11.8 Å². The van der Waals surface area contributed by atoms with Gasteiger partial charge in [0.1, 0.15) is 0 Å². The maximum absolute atomic E-state index is 10.9. The Hall–Kier alpha value is -3.29. The third-order valence-corrected chi connectivity index (χ3v) is 4.75. The van der Waals surface area contributed by atoms with E-state index in [-0.39, 0.29) is 5.56 Å². The number of hydrogen-bond acceptors (Lipinski definition) is 3. The molecule has 0 aliphatic heterocycles. The zero-order valence-electron chi connectivity index (χ0n) is 13.8. The Kier molecular flexibility index (Phi) is 5.52. The van der Waals surface area contributed by atoms with E-state index < -0.39 is 5.97 Å². The van der Waals surface area contributed by atoms with Crippen LogP contribution in [0.2, 0.25) is 0 Å². The Morgan fingerprint density at radius 1 is 0.846 bits per heavy atom. The van der Waals surface area contributed by atoms with Crippen molar-refractivity contribution in [2.45, 2.75) is 9.79 Å². The molecule has 3 aromatic carbocycles. The molecule has 3 rings (SSSR count).